The predicted octanol–water partition coefficient (Wildman–Crippen LogP) is 0.869. The number of nitrogens with zero attached hydrogens (tertiary/aromatic N) is 1. The smallest absolute Gasteiger partial charge is 0.0786 e. The third-order valence-electron chi connectivity index (χ3n) is 2.57. The molecule has 0 aromatic rings. The van der Waals surface area contributed by atoms with Crippen molar-refractivity contribution in [2.24, 2.45) is 0 Å². The van der Waals surface area contributed by atoms with E-state index in [1.54, 1.807) is 0 Å². The molecule has 0 aliphatic carbocycles. The van der Waals surface area contributed by atoms with Gasteiger partial charge in [0.15, 0.2) is 0 Å². The second kappa shape index (κ2) is 1.95. The van der Waals surface area contributed by atoms with Crippen LogP contribution in [0.3, 0.4) is 0 Å². The minimum Gasteiger partial charge on any atom is -0.369 e. The number of hydrogen-bond acceptors (Lipinski definition) is 2. The van der Waals surface area contributed by atoms with Gasteiger partial charge in [0.05, 0.1) is 11.7 Å². The summed E-state index contributed by atoms with van der Waals surface area (Å²) in [6.07, 6.45) is 3.05. The highest BCUT2D eigenvalue weighted by molar-refractivity contribution is 4.92. The molecule has 2 bridgehead atoms. The molecule has 2 fully saturated rings. The van der Waals surface area contributed by atoms with Crippen LogP contribution in [0.5, 0.6) is 0 Å². The van der Waals surface area contributed by atoms with Crippen molar-refractivity contribution in [3.8, 4) is 0 Å². The lowest BCUT2D eigenvalue weighted by atomic mass is 10.0. The highest BCUT2D eigenvalue weighted by atomic mass is 16.5. The molecule has 2 rings (SSSR count). The molecule has 2 aliphatic rings. The van der Waals surface area contributed by atoms with Crippen LogP contribution in [-0.2, 0) is 4.74 Å². The Hall–Kier alpha value is -0.0800. The van der Waals surface area contributed by atoms with Crippen LogP contribution < -0.4 is 0 Å². The number of ether oxygens (including phenoxy) is 1. The molecule has 2 aliphatic heterocycles. The molecule has 2 saturated heterocycles. The van der Waals surface area contributed by atoms with Crippen molar-refractivity contribution >= 4 is 0 Å². The fourth-order valence-corrected chi connectivity index (χ4v) is 2.21. The number of fused-ring (bicyclic) bond motifs is 2. The van der Waals surface area contributed by atoms with Gasteiger partial charge in [-0.25, -0.2) is 0 Å². The molecule has 0 radical (unpaired) electrons. The van der Waals surface area contributed by atoms with Crippen LogP contribution >= 0.6 is 0 Å². The number of likely N-dealkylation sites (N-methyl/N-ethyl adjacent to an activating group) is 1. The first-order chi connectivity index (χ1) is 4.68. The van der Waals surface area contributed by atoms with E-state index in [1.807, 2.05) is 0 Å². The van der Waals surface area contributed by atoms with Gasteiger partial charge in [0.2, 0.25) is 0 Å². The van der Waals surface area contributed by atoms with Gasteiger partial charge in [0.1, 0.15) is 0 Å². The van der Waals surface area contributed by atoms with Crippen molar-refractivity contribution in [2.45, 2.75) is 31.5 Å². The van der Waals surface area contributed by atoms with Crippen molar-refractivity contribution in [2.75, 3.05) is 20.1 Å². The molecule has 2 nitrogen and oxygen atoms in total. The molecule has 0 N–H and O–H groups in total. The Balaban J connectivity index is 2.13. The summed E-state index contributed by atoms with van der Waals surface area (Å²) in [6, 6.07) is 0. The number of hydrogen-bond donors (Lipinski definition) is 0. The fourth-order valence-electron chi connectivity index (χ4n) is 2.21. The van der Waals surface area contributed by atoms with E-state index in [0.29, 0.717) is 6.10 Å². The van der Waals surface area contributed by atoms with E-state index in [0.717, 1.165) is 13.1 Å². The van der Waals surface area contributed by atoms with Crippen LogP contribution in [0.25, 0.3) is 0 Å². The Kier molecular flexibility index (Phi) is 1.29. The van der Waals surface area contributed by atoms with Crippen LogP contribution in [0.2, 0.25) is 0 Å². The molecule has 0 aromatic carbocycles. The lowest BCUT2D eigenvalue weighted by Gasteiger charge is -2.35. The monoisotopic (exact) mass is 141 g/mol. The van der Waals surface area contributed by atoms with Gasteiger partial charge in [0.25, 0.3) is 0 Å². The number of likely N-dealkylation sites (tertiary alicyclic amines) is 1. The molecular weight excluding hydrogens is 126 g/mol. The predicted molar refractivity (Wildman–Crippen MR) is 40.0 cm³/mol. The minimum atomic E-state index is 0.192. The topological polar surface area (TPSA) is 12.5 Å². The Labute approximate surface area is 62.2 Å². The van der Waals surface area contributed by atoms with E-state index in [9.17, 15) is 0 Å². The third kappa shape index (κ3) is 0.956. The minimum absolute atomic E-state index is 0.192. The number of morpholine rings is 1. The Bertz CT molecular complexity index is 148. The van der Waals surface area contributed by atoms with Gasteiger partial charge in [-0.15, -0.1) is 0 Å². The maximum absolute atomic E-state index is 5.81. The summed E-state index contributed by atoms with van der Waals surface area (Å²) in [5.41, 5.74) is 0.192. The molecule has 2 atom stereocenters. The Morgan fingerprint density at radius 1 is 1.60 bits per heavy atom. The first-order valence-corrected chi connectivity index (χ1v) is 4.04. The average molecular weight is 141 g/mol. The maximum Gasteiger partial charge on any atom is 0.0786 e. The lowest BCUT2D eigenvalue weighted by Crippen LogP contribution is -2.46. The zero-order chi connectivity index (χ0) is 7.19. The molecule has 0 unspecified atom stereocenters. The number of rotatable bonds is 0. The van der Waals surface area contributed by atoms with Crippen molar-refractivity contribution in [3.05, 3.63) is 0 Å². The highest BCUT2D eigenvalue weighted by Crippen LogP contribution is 2.34. The molecule has 0 aromatic heterocycles. The van der Waals surface area contributed by atoms with Crippen LogP contribution in [-0.4, -0.2) is 36.7 Å². The SMILES string of the molecule is CN1C[C@H]2CC[C@@](C)(C1)O2. The van der Waals surface area contributed by atoms with Gasteiger partial charge in [-0.2, -0.15) is 0 Å². The molecule has 0 amide bonds. The van der Waals surface area contributed by atoms with Gasteiger partial charge >= 0.3 is 0 Å². The van der Waals surface area contributed by atoms with Crippen molar-refractivity contribution < 1.29 is 4.74 Å². The molecule has 0 spiro atoms. The van der Waals surface area contributed by atoms with Crippen LogP contribution in [0, 0.1) is 0 Å². The lowest BCUT2D eigenvalue weighted by molar-refractivity contribution is -0.0915. The van der Waals surface area contributed by atoms with Gasteiger partial charge in [-0.05, 0) is 26.8 Å². The van der Waals surface area contributed by atoms with Crippen molar-refractivity contribution in [1.82, 2.24) is 4.90 Å². The van der Waals surface area contributed by atoms with E-state index in [-0.39, 0.29) is 5.60 Å². The second-order valence-electron chi connectivity index (χ2n) is 3.93. The van der Waals surface area contributed by atoms with Gasteiger partial charge < -0.3 is 9.64 Å². The van der Waals surface area contributed by atoms with E-state index < -0.39 is 0 Å². The van der Waals surface area contributed by atoms with Crippen molar-refractivity contribution in [3.63, 3.8) is 0 Å². The summed E-state index contributed by atoms with van der Waals surface area (Å²) in [6.45, 7) is 4.47. The zero-order valence-electron chi connectivity index (χ0n) is 6.76. The standard InChI is InChI=1S/C8H15NO/c1-8-4-3-7(10-8)5-9(2)6-8/h7H,3-6H2,1-2H3/t7-,8+/m1/s1. The summed E-state index contributed by atoms with van der Waals surface area (Å²) < 4.78 is 5.81. The quantitative estimate of drug-likeness (QED) is 0.496. The third-order valence-corrected chi connectivity index (χ3v) is 2.57. The van der Waals surface area contributed by atoms with E-state index in [2.05, 4.69) is 18.9 Å². The molecular formula is C8H15NO. The molecule has 10 heavy (non-hydrogen) atoms. The van der Waals surface area contributed by atoms with E-state index in [4.69, 9.17) is 4.74 Å². The zero-order valence-corrected chi connectivity index (χ0v) is 6.76. The molecule has 0 saturated carbocycles. The van der Waals surface area contributed by atoms with E-state index >= 15 is 0 Å². The first kappa shape index (κ1) is 6.62. The van der Waals surface area contributed by atoms with Gasteiger partial charge in [-0.3, -0.25) is 0 Å². The molecule has 2 heterocycles. The molecule has 2 heteroatoms. The molecule has 58 valence electrons. The highest BCUT2D eigenvalue weighted by Gasteiger charge is 2.41. The first-order valence-electron chi connectivity index (χ1n) is 4.04. The van der Waals surface area contributed by atoms with Crippen LogP contribution in [0.4, 0.5) is 0 Å². The normalized spacial score (nSPS) is 48.0. The van der Waals surface area contributed by atoms with E-state index in [1.165, 1.54) is 12.8 Å². The summed E-state index contributed by atoms with van der Waals surface area (Å²) in [4.78, 5) is 2.38. The second-order valence-corrected chi connectivity index (χ2v) is 3.93. The summed E-state index contributed by atoms with van der Waals surface area (Å²) in [5.74, 6) is 0. The van der Waals surface area contributed by atoms with Crippen LogP contribution in [0.1, 0.15) is 19.8 Å². The largest absolute Gasteiger partial charge is 0.369 e. The Morgan fingerprint density at radius 3 is 3.10 bits per heavy atom. The van der Waals surface area contributed by atoms with Crippen molar-refractivity contribution in [1.29, 1.82) is 0 Å². The average Bonchev–Trinajstić information content (AvgIpc) is 2.06. The van der Waals surface area contributed by atoms with Gasteiger partial charge in [0, 0.05) is 13.1 Å². The summed E-state index contributed by atoms with van der Waals surface area (Å²) in [7, 11) is 2.18. The maximum atomic E-state index is 5.81. The van der Waals surface area contributed by atoms with Crippen LogP contribution in [0.15, 0.2) is 0 Å². The summed E-state index contributed by atoms with van der Waals surface area (Å²) >= 11 is 0. The van der Waals surface area contributed by atoms with Gasteiger partial charge in [-0.1, -0.05) is 0 Å². The summed E-state index contributed by atoms with van der Waals surface area (Å²) in [5, 5.41) is 0. The Morgan fingerprint density at radius 2 is 2.40 bits per heavy atom. The fraction of sp³-hybridized carbons (Fsp3) is 1.00.